The first-order chi connectivity index (χ1) is 8.19. The molecule has 1 aliphatic rings. The zero-order valence-electron chi connectivity index (χ0n) is 11.2. The molecule has 0 saturated carbocycles. The molecule has 1 fully saturated rings. The summed E-state index contributed by atoms with van der Waals surface area (Å²) in [6.45, 7) is 6.68. The maximum Gasteiger partial charge on any atom is 0.0597 e. The molecule has 0 spiro atoms. The van der Waals surface area contributed by atoms with Crippen LogP contribution in [0.4, 0.5) is 0 Å². The Balaban J connectivity index is 1.92. The van der Waals surface area contributed by atoms with Crippen molar-refractivity contribution in [3.05, 3.63) is 17.5 Å². The fourth-order valence-corrected chi connectivity index (χ4v) is 2.79. The Hall–Kier alpha value is -0.870. The summed E-state index contributed by atoms with van der Waals surface area (Å²) in [6, 6.07) is 2.20. The van der Waals surface area contributed by atoms with Crippen molar-refractivity contribution in [3.8, 4) is 0 Å². The molecule has 17 heavy (non-hydrogen) atoms. The normalized spacial score (nSPS) is 21.9. The number of aromatic nitrogens is 2. The molecular formula is C13H24N4. The minimum atomic E-state index is 0.808. The quantitative estimate of drug-likeness (QED) is 0.851. The van der Waals surface area contributed by atoms with Crippen LogP contribution in [0, 0.1) is 12.8 Å². The molecule has 2 heterocycles. The van der Waals surface area contributed by atoms with E-state index in [1.54, 1.807) is 0 Å². The van der Waals surface area contributed by atoms with Gasteiger partial charge >= 0.3 is 0 Å². The van der Waals surface area contributed by atoms with Gasteiger partial charge in [0.25, 0.3) is 0 Å². The number of nitrogens with one attached hydrogen (secondary N) is 1. The van der Waals surface area contributed by atoms with E-state index in [9.17, 15) is 0 Å². The topological polar surface area (TPSA) is 33.1 Å². The van der Waals surface area contributed by atoms with Crippen molar-refractivity contribution in [2.75, 3.05) is 26.7 Å². The lowest BCUT2D eigenvalue weighted by Crippen LogP contribution is -2.38. The summed E-state index contributed by atoms with van der Waals surface area (Å²) in [4.78, 5) is 2.56. The molecule has 0 amide bonds. The maximum atomic E-state index is 4.41. The Labute approximate surface area is 104 Å². The first-order valence-electron chi connectivity index (χ1n) is 6.55. The number of piperidine rings is 1. The molecule has 2 rings (SSSR count). The summed E-state index contributed by atoms with van der Waals surface area (Å²) in [6.07, 6.45) is 2.69. The first-order valence-corrected chi connectivity index (χ1v) is 6.55. The standard InChI is InChI=1S/C13H24N4/c1-11-7-13(16(3)15-11)10-17-6-4-5-12(9-17)8-14-2/h7,12,14H,4-6,8-10H2,1-3H3. The van der Waals surface area contributed by atoms with Crippen LogP contribution in [0.2, 0.25) is 0 Å². The van der Waals surface area contributed by atoms with Gasteiger partial charge in [-0.2, -0.15) is 5.10 Å². The fraction of sp³-hybridized carbons (Fsp3) is 0.769. The number of hydrogen-bond acceptors (Lipinski definition) is 3. The van der Waals surface area contributed by atoms with Gasteiger partial charge in [0, 0.05) is 20.1 Å². The SMILES string of the molecule is CNCC1CCCN(Cc2cc(C)nn2C)C1. The zero-order valence-corrected chi connectivity index (χ0v) is 11.2. The summed E-state index contributed by atoms with van der Waals surface area (Å²) in [5, 5.41) is 7.70. The molecule has 4 heteroatoms. The molecule has 4 nitrogen and oxygen atoms in total. The van der Waals surface area contributed by atoms with Crippen molar-refractivity contribution in [2.24, 2.45) is 13.0 Å². The Bertz CT molecular complexity index is 356. The molecule has 0 aromatic carbocycles. The second-order valence-electron chi connectivity index (χ2n) is 5.20. The highest BCUT2D eigenvalue weighted by Gasteiger charge is 2.20. The van der Waals surface area contributed by atoms with Crippen LogP contribution in [-0.2, 0) is 13.6 Å². The number of hydrogen-bond donors (Lipinski definition) is 1. The average molecular weight is 236 g/mol. The van der Waals surface area contributed by atoms with E-state index in [0.29, 0.717) is 0 Å². The summed E-state index contributed by atoms with van der Waals surface area (Å²) in [5.41, 5.74) is 2.44. The summed E-state index contributed by atoms with van der Waals surface area (Å²) in [7, 11) is 4.08. The van der Waals surface area contributed by atoms with Gasteiger partial charge in [0.15, 0.2) is 0 Å². The molecule has 0 bridgehead atoms. The van der Waals surface area contributed by atoms with Gasteiger partial charge in [-0.05, 0) is 51.9 Å². The summed E-state index contributed by atoms with van der Waals surface area (Å²) in [5.74, 6) is 0.808. The largest absolute Gasteiger partial charge is 0.319 e. The number of aryl methyl sites for hydroxylation is 2. The zero-order chi connectivity index (χ0) is 12.3. The Kier molecular flexibility index (Phi) is 4.18. The van der Waals surface area contributed by atoms with Crippen LogP contribution in [0.15, 0.2) is 6.07 Å². The number of rotatable bonds is 4. The van der Waals surface area contributed by atoms with Crippen molar-refractivity contribution >= 4 is 0 Å². The molecule has 96 valence electrons. The van der Waals surface area contributed by atoms with Crippen molar-refractivity contribution < 1.29 is 0 Å². The van der Waals surface area contributed by atoms with Crippen LogP contribution < -0.4 is 5.32 Å². The number of likely N-dealkylation sites (tertiary alicyclic amines) is 1. The molecule has 1 atom stereocenters. The van der Waals surface area contributed by atoms with Gasteiger partial charge in [-0.25, -0.2) is 0 Å². The number of nitrogens with zero attached hydrogens (tertiary/aromatic N) is 3. The predicted molar refractivity (Wildman–Crippen MR) is 69.9 cm³/mol. The van der Waals surface area contributed by atoms with Crippen molar-refractivity contribution in [1.29, 1.82) is 0 Å². The average Bonchev–Trinajstić information content (AvgIpc) is 2.58. The third-order valence-electron chi connectivity index (χ3n) is 3.58. The van der Waals surface area contributed by atoms with Crippen LogP contribution >= 0.6 is 0 Å². The Morgan fingerprint density at radius 2 is 2.35 bits per heavy atom. The van der Waals surface area contributed by atoms with E-state index in [-0.39, 0.29) is 0 Å². The second-order valence-corrected chi connectivity index (χ2v) is 5.20. The van der Waals surface area contributed by atoms with Gasteiger partial charge in [0.1, 0.15) is 0 Å². The van der Waals surface area contributed by atoms with Gasteiger partial charge in [-0.1, -0.05) is 0 Å². The molecular weight excluding hydrogens is 212 g/mol. The van der Waals surface area contributed by atoms with Crippen LogP contribution in [0.5, 0.6) is 0 Å². The van der Waals surface area contributed by atoms with Crippen molar-refractivity contribution in [3.63, 3.8) is 0 Å². The highest BCUT2D eigenvalue weighted by atomic mass is 15.3. The van der Waals surface area contributed by atoms with Gasteiger partial charge in [0.05, 0.1) is 11.4 Å². The highest BCUT2D eigenvalue weighted by Crippen LogP contribution is 2.18. The second kappa shape index (κ2) is 5.65. The van der Waals surface area contributed by atoms with E-state index in [2.05, 4.69) is 28.3 Å². The fourth-order valence-electron chi connectivity index (χ4n) is 2.79. The minimum absolute atomic E-state index is 0.808. The summed E-state index contributed by atoms with van der Waals surface area (Å²) >= 11 is 0. The van der Waals surface area contributed by atoms with Gasteiger partial charge in [-0.3, -0.25) is 9.58 Å². The lowest BCUT2D eigenvalue weighted by atomic mass is 9.98. The third-order valence-corrected chi connectivity index (χ3v) is 3.58. The van der Waals surface area contributed by atoms with Crippen molar-refractivity contribution in [2.45, 2.75) is 26.3 Å². The summed E-state index contributed by atoms with van der Waals surface area (Å²) < 4.78 is 2.01. The predicted octanol–water partition coefficient (Wildman–Crippen LogP) is 1.16. The van der Waals surface area contributed by atoms with Gasteiger partial charge in [-0.15, -0.1) is 0 Å². The van der Waals surface area contributed by atoms with Crippen LogP contribution in [0.3, 0.4) is 0 Å². The first kappa shape index (κ1) is 12.6. The minimum Gasteiger partial charge on any atom is -0.319 e. The Morgan fingerprint density at radius 3 is 3.00 bits per heavy atom. The lowest BCUT2D eigenvalue weighted by molar-refractivity contribution is 0.163. The molecule has 1 aromatic heterocycles. The highest BCUT2D eigenvalue weighted by molar-refractivity contribution is 5.08. The molecule has 1 saturated heterocycles. The molecule has 1 unspecified atom stereocenters. The van der Waals surface area contributed by atoms with Crippen molar-refractivity contribution in [1.82, 2.24) is 20.0 Å². The van der Waals surface area contributed by atoms with E-state index in [4.69, 9.17) is 0 Å². The molecule has 0 aliphatic carbocycles. The van der Waals surface area contributed by atoms with E-state index in [1.165, 1.54) is 31.6 Å². The molecule has 1 aliphatic heterocycles. The van der Waals surface area contributed by atoms with E-state index >= 15 is 0 Å². The maximum absolute atomic E-state index is 4.41. The van der Waals surface area contributed by atoms with Gasteiger partial charge < -0.3 is 5.32 Å². The molecule has 1 N–H and O–H groups in total. The lowest BCUT2D eigenvalue weighted by Gasteiger charge is -2.32. The van der Waals surface area contributed by atoms with E-state index < -0.39 is 0 Å². The Morgan fingerprint density at radius 1 is 1.53 bits per heavy atom. The smallest absolute Gasteiger partial charge is 0.0597 e. The van der Waals surface area contributed by atoms with Gasteiger partial charge in [0.2, 0.25) is 0 Å². The monoisotopic (exact) mass is 236 g/mol. The van der Waals surface area contributed by atoms with Crippen LogP contribution in [0.25, 0.3) is 0 Å². The molecule has 0 radical (unpaired) electrons. The van der Waals surface area contributed by atoms with E-state index in [0.717, 1.165) is 24.7 Å². The third kappa shape index (κ3) is 3.30. The van der Waals surface area contributed by atoms with Crippen LogP contribution in [-0.4, -0.2) is 41.4 Å². The van der Waals surface area contributed by atoms with Crippen LogP contribution in [0.1, 0.15) is 24.2 Å². The molecule has 1 aromatic rings. The van der Waals surface area contributed by atoms with E-state index in [1.807, 2.05) is 18.8 Å².